The summed E-state index contributed by atoms with van der Waals surface area (Å²) in [6, 6.07) is 8.62. The first-order valence-corrected chi connectivity index (χ1v) is 12.7. The lowest BCUT2D eigenvalue weighted by Gasteiger charge is -2.30. The van der Waals surface area contributed by atoms with Crippen LogP contribution in [0.4, 0.5) is 4.39 Å². The van der Waals surface area contributed by atoms with Crippen LogP contribution in [0, 0.1) is 11.7 Å². The zero-order chi connectivity index (χ0) is 25.6. The summed E-state index contributed by atoms with van der Waals surface area (Å²) in [5, 5.41) is 3.01. The SMILES string of the molecule is CCOc1cc(F)cc(C(C)NC(=O)[C@@H]2C[C@@H]3CCC[C@@H]3N2C(=O)c2cccc3c2CN(C)C3=O)c1. The fourth-order valence-electron chi connectivity index (χ4n) is 6.10. The summed E-state index contributed by atoms with van der Waals surface area (Å²) in [7, 11) is 1.72. The number of fused-ring (bicyclic) bond motifs is 2. The first-order chi connectivity index (χ1) is 17.3. The molecule has 2 aliphatic heterocycles. The number of benzene rings is 2. The Bertz CT molecular complexity index is 1220. The molecule has 1 saturated heterocycles. The highest BCUT2D eigenvalue weighted by atomic mass is 19.1. The van der Waals surface area contributed by atoms with E-state index in [0.29, 0.717) is 42.0 Å². The molecule has 0 spiro atoms. The predicted octanol–water partition coefficient (Wildman–Crippen LogP) is 4.07. The molecule has 4 atom stereocenters. The lowest BCUT2D eigenvalue weighted by Crippen LogP contribution is -2.49. The average molecular weight is 494 g/mol. The average Bonchev–Trinajstić information content (AvgIpc) is 3.52. The number of halogens is 1. The number of nitrogens with zero attached hydrogens (tertiary/aromatic N) is 2. The summed E-state index contributed by atoms with van der Waals surface area (Å²) in [4.78, 5) is 43.3. The predicted molar refractivity (Wildman–Crippen MR) is 132 cm³/mol. The summed E-state index contributed by atoms with van der Waals surface area (Å²) in [6.45, 7) is 4.42. The second-order valence-electron chi connectivity index (χ2n) is 10.1. The molecule has 2 heterocycles. The number of amides is 3. The van der Waals surface area contributed by atoms with Crippen molar-refractivity contribution in [2.45, 2.75) is 64.2 Å². The molecule has 0 radical (unpaired) electrons. The lowest BCUT2D eigenvalue weighted by molar-refractivity contribution is -0.125. The van der Waals surface area contributed by atoms with Crippen LogP contribution in [0.2, 0.25) is 0 Å². The molecule has 3 amide bonds. The highest BCUT2D eigenvalue weighted by molar-refractivity contribution is 6.05. The standard InChI is InChI=1S/C28H32FN3O4/c1-4-36-20-12-18(11-19(29)14-20)16(2)30-26(33)25-13-17-7-5-10-24(17)32(25)28(35)22-9-6-8-21-23(22)15-31(3)27(21)34/h6,8-9,11-12,14,16-17,24-25H,4-5,7,10,13,15H2,1-3H3,(H,30,33)/t16?,17-,24-,25-/m0/s1. The third-order valence-electron chi connectivity index (χ3n) is 7.82. The summed E-state index contributed by atoms with van der Waals surface area (Å²) in [6.07, 6.45) is 3.49. The van der Waals surface area contributed by atoms with Gasteiger partial charge in [0, 0.05) is 36.8 Å². The van der Waals surface area contributed by atoms with Crippen molar-refractivity contribution in [1.29, 1.82) is 0 Å². The van der Waals surface area contributed by atoms with Gasteiger partial charge in [0.25, 0.3) is 11.8 Å². The van der Waals surface area contributed by atoms with E-state index in [-0.39, 0.29) is 29.7 Å². The van der Waals surface area contributed by atoms with E-state index >= 15 is 0 Å². The quantitative estimate of drug-likeness (QED) is 0.658. The molecule has 36 heavy (non-hydrogen) atoms. The van der Waals surface area contributed by atoms with E-state index in [0.717, 1.165) is 24.8 Å². The number of hydrogen-bond acceptors (Lipinski definition) is 4. The van der Waals surface area contributed by atoms with E-state index in [4.69, 9.17) is 4.74 Å². The van der Waals surface area contributed by atoms with E-state index in [1.807, 2.05) is 6.92 Å². The van der Waals surface area contributed by atoms with Crippen LogP contribution < -0.4 is 10.1 Å². The molecule has 5 rings (SSSR count). The van der Waals surface area contributed by atoms with E-state index in [1.54, 1.807) is 48.0 Å². The summed E-state index contributed by atoms with van der Waals surface area (Å²) in [5.41, 5.74) is 2.38. The highest BCUT2D eigenvalue weighted by Gasteiger charge is 2.49. The number of carbonyl (C=O) groups excluding carboxylic acids is 3. The molecule has 3 aliphatic rings. The maximum absolute atomic E-state index is 14.2. The monoisotopic (exact) mass is 493 g/mol. The summed E-state index contributed by atoms with van der Waals surface area (Å²) >= 11 is 0. The molecule has 1 N–H and O–H groups in total. The molecular formula is C28H32FN3O4. The Morgan fingerprint density at radius 3 is 2.81 bits per heavy atom. The number of ether oxygens (including phenoxy) is 1. The maximum atomic E-state index is 14.2. The number of likely N-dealkylation sites (tertiary alicyclic amines) is 1. The molecule has 7 nitrogen and oxygen atoms in total. The smallest absolute Gasteiger partial charge is 0.255 e. The molecule has 1 aliphatic carbocycles. The third-order valence-corrected chi connectivity index (χ3v) is 7.82. The molecule has 2 fully saturated rings. The minimum Gasteiger partial charge on any atom is -0.494 e. The van der Waals surface area contributed by atoms with Crippen LogP contribution in [-0.4, -0.2) is 53.3 Å². The van der Waals surface area contributed by atoms with Gasteiger partial charge in [0.05, 0.1) is 12.6 Å². The van der Waals surface area contributed by atoms with Crippen molar-refractivity contribution in [3.63, 3.8) is 0 Å². The molecule has 0 aromatic heterocycles. The number of rotatable bonds is 6. The van der Waals surface area contributed by atoms with Crippen molar-refractivity contribution in [1.82, 2.24) is 15.1 Å². The Morgan fingerprint density at radius 1 is 1.22 bits per heavy atom. The zero-order valence-corrected chi connectivity index (χ0v) is 20.9. The van der Waals surface area contributed by atoms with Gasteiger partial charge >= 0.3 is 0 Å². The van der Waals surface area contributed by atoms with E-state index in [1.165, 1.54) is 12.1 Å². The Kier molecular flexibility index (Phi) is 6.45. The van der Waals surface area contributed by atoms with Crippen LogP contribution in [0.5, 0.6) is 5.75 Å². The van der Waals surface area contributed by atoms with E-state index < -0.39 is 17.9 Å². The summed E-state index contributed by atoms with van der Waals surface area (Å²) < 4.78 is 19.6. The Labute approximate surface area is 210 Å². The number of nitrogens with one attached hydrogen (secondary N) is 1. The van der Waals surface area contributed by atoms with E-state index in [9.17, 15) is 18.8 Å². The number of hydrogen-bond donors (Lipinski definition) is 1. The van der Waals surface area contributed by atoms with Gasteiger partial charge in [-0.3, -0.25) is 14.4 Å². The normalized spacial score (nSPS) is 23.4. The lowest BCUT2D eigenvalue weighted by atomic mass is 10.0. The van der Waals surface area contributed by atoms with Crippen molar-refractivity contribution in [3.8, 4) is 5.75 Å². The third kappa shape index (κ3) is 4.22. The Balaban J connectivity index is 1.40. The zero-order valence-electron chi connectivity index (χ0n) is 20.9. The molecule has 8 heteroatoms. The largest absolute Gasteiger partial charge is 0.494 e. The number of carbonyl (C=O) groups is 3. The molecule has 1 saturated carbocycles. The Hall–Kier alpha value is -3.42. The molecule has 1 unspecified atom stereocenters. The van der Waals surface area contributed by atoms with Crippen LogP contribution in [0.1, 0.15) is 77.4 Å². The van der Waals surface area contributed by atoms with Gasteiger partial charge in [-0.05, 0) is 74.4 Å². The van der Waals surface area contributed by atoms with Crippen molar-refractivity contribution in [2.24, 2.45) is 5.92 Å². The second kappa shape index (κ2) is 9.56. The maximum Gasteiger partial charge on any atom is 0.255 e. The second-order valence-corrected chi connectivity index (χ2v) is 10.1. The highest BCUT2D eigenvalue weighted by Crippen LogP contribution is 2.43. The van der Waals surface area contributed by atoms with Gasteiger partial charge in [0.15, 0.2) is 0 Å². The van der Waals surface area contributed by atoms with Gasteiger partial charge in [-0.15, -0.1) is 0 Å². The van der Waals surface area contributed by atoms with Crippen LogP contribution in [0.15, 0.2) is 36.4 Å². The van der Waals surface area contributed by atoms with Crippen LogP contribution >= 0.6 is 0 Å². The van der Waals surface area contributed by atoms with Crippen LogP contribution in [0.3, 0.4) is 0 Å². The Morgan fingerprint density at radius 2 is 2.03 bits per heavy atom. The van der Waals surface area contributed by atoms with Crippen molar-refractivity contribution in [3.05, 3.63) is 64.5 Å². The van der Waals surface area contributed by atoms with Gasteiger partial charge in [-0.25, -0.2) is 4.39 Å². The van der Waals surface area contributed by atoms with Gasteiger partial charge in [-0.2, -0.15) is 0 Å². The minimum atomic E-state index is -0.610. The van der Waals surface area contributed by atoms with Crippen molar-refractivity contribution in [2.75, 3.05) is 13.7 Å². The van der Waals surface area contributed by atoms with Gasteiger partial charge in [-0.1, -0.05) is 12.5 Å². The first-order valence-electron chi connectivity index (χ1n) is 12.7. The van der Waals surface area contributed by atoms with Crippen molar-refractivity contribution < 1.29 is 23.5 Å². The molecular weight excluding hydrogens is 461 g/mol. The van der Waals surface area contributed by atoms with Crippen LogP contribution in [-0.2, 0) is 11.3 Å². The van der Waals surface area contributed by atoms with Gasteiger partial charge in [0.2, 0.25) is 5.91 Å². The fourth-order valence-corrected chi connectivity index (χ4v) is 6.10. The summed E-state index contributed by atoms with van der Waals surface area (Å²) in [5.74, 6) is -0.265. The molecule has 2 aromatic rings. The fraction of sp³-hybridized carbons (Fsp3) is 0.464. The molecule has 190 valence electrons. The molecule has 2 aromatic carbocycles. The van der Waals surface area contributed by atoms with Crippen LogP contribution in [0.25, 0.3) is 0 Å². The van der Waals surface area contributed by atoms with Gasteiger partial charge in [0.1, 0.15) is 17.6 Å². The topological polar surface area (TPSA) is 79.0 Å². The minimum absolute atomic E-state index is 0.00738. The molecule has 0 bridgehead atoms. The van der Waals surface area contributed by atoms with Gasteiger partial charge < -0.3 is 19.9 Å². The van der Waals surface area contributed by atoms with E-state index in [2.05, 4.69) is 5.32 Å². The first kappa shape index (κ1) is 24.3. The van der Waals surface area contributed by atoms with Crippen molar-refractivity contribution >= 4 is 17.7 Å².